The summed E-state index contributed by atoms with van der Waals surface area (Å²) in [7, 11) is -3.75. The van der Waals surface area contributed by atoms with E-state index in [-0.39, 0.29) is 41.5 Å². The van der Waals surface area contributed by atoms with Gasteiger partial charge in [0.2, 0.25) is 10.0 Å². The summed E-state index contributed by atoms with van der Waals surface area (Å²) in [6.45, 7) is 4.18. The molecule has 1 aromatic carbocycles. The minimum atomic E-state index is -3.75. The van der Waals surface area contributed by atoms with Gasteiger partial charge in [0, 0.05) is 19.5 Å². The van der Waals surface area contributed by atoms with Gasteiger partial charge in [0.05, 0.1) is 22.7 Å². The Morgan fingerprint density at radius 2 is 1.89 bits per heavy atom. The second-order valence-corrected chi connectivity index (χ2v) is 9.15. The Morgan fingerprint density at radius 3 is 2.56 bits per heavy atom. The maximum atomic E-state index is 13.0. The molecule has 1 aromatic rings. The summed E-state index contributed by atoms with van der Waals surface area (Å²) >= 11 is 0. The molecule has 3 atom stereocenters. The van der Waals surface area contributed by atoms with Crippen LogP contribution in [0.2, 0.25) is 0 Å². The predicted molar refractivity (Wildman–Crippen MR) is 97.9 cm³/mol. The van der Waals surface area contributed by atoms with E-state index >= 15 is 0 Å². The fourth-order valence-electron chi connectivity index (χ4n) is 3.53. The second-order valence-electron chi connectivity index (χ2n) is 7.21. The summed E-state index contributed by atoms with van der Waals surface area (Å²) in [4.78, 5) is 24.3. The molecular formula is C19H25NO6S. The van der Waals surface area contributed by atoms with Crippen molar-refractivity contribution in [3.63, 3.8) is 0 Å². The average molecular weight is 395 g/mol. The lowest BCUT2D eigenvalue weighted by Crippen LogP contribution is -2.48. The summed E-state index contributed by atoms with van der Waals surface area (Å²) in [6, 6.07) is 5.79. The van der Waals surface area contributed by atoms with Crippen LogP contribution in [0.5, 0.6) is 0 Å². The highest BCUT2D eigenvalue weighted by atomic mass is 32.2. The fourth-order valence-corrected chi connectivity index (χ4v) is 5.17. The quantitative estimate of drug-likeness (QED) is 0.726. The lowest BCUT2D eigenvalue weighted by Gasteiger charge is -2.34. The van der Waals surface area contributed by atoms with E-state index in [2.05, 4.69) is 0 Å². The van der Waals surface area contributed by atoms with Crippen LogP contribution in [0.15, 0.2) is 29.2 Å². The monoisotopic (exact) mass is 395 g/mol. The van der Waals surface area contributed by atoms with Gasteiger partial charge >= 0.3 is 5.97 Å². The van der Waals surface area contributed by atoms with E-state index in [4.69, 9.17) is 9.47 Å². The molecular weight excluding hydrogens is 370 g/mol. The fraction of sp³-hybridized carbons (Fsp3) is 0.579. The third-order valence-electron chi connectivity index (χ3n) is 4.84. The van der Waals surface area contributed by atoms with Crippen LogP contribution in [-0.4, -0.2) is 55.9 Å². The molecule has 27 heavy (non-hydrogen) atoms. The van der Waals surface area contributed by atoms with Crippen molar-refractivity contribution in [2.75, 3.05) is 13.1 Å². The van der Waals surface area contributed by atoms with Crippen molar-refractivity contribution in [3.8, 4) is 0 Å². The molecule has 1 aliphatic heterocycles. The van der Waals surface area contributed by atoms with Gasteiger partial charge in [-0.05, 0) is 51.3 Å². The van der Waals surface area contributed by atoms with E-state index in [1.165, 1.54) is 28.6 Å². The van der Waals surface area contributed by atoms with Gasteiger partial charge in [0.25, 0.3) is 0 Å². The molecule has 1 saturated heterocycles. The van der Waals surface area contributed by atoms with Gasteiger partial charge in [0.15, 0.2) is 11.9 Å². The van der Waals surface area contributed by atoms with Gasteiger partial charge in [-0.3, -0.25) is 4.79 Å². The van der Waals surface area contributed by atoms with E-state index < -0.39 is 22.1 Å². The number of carbonyl (C=O) groups is 2. The minimum Gasteiger partial charge on any atom is -0.451 e. The third-order valence-corrected chi connectivity index (χ3v) is 6.67. The molecule has 0 amide bonds. The van der Waals surface area contributed by atoms with E-state index in [9.17, 15) is 18.0 Å². The van der Waals surface area contributed by atoms with Crippen LogP contribution in [0.25, 0.3) is 0 Å². The zero-order chi connectivity index (χ0) is 19.6. The van der Waals surface area contributed by atoms with Crippen molar-refractivity contribution >= 4 is 21.8 Å². The SMILES string of the molecule is C[C@H]1CN(S(=O)(=O)c2cccc(C(=O)O[C@@H]3CCCCC3=O)c2)C[C@H](C)O1. The van der Waals surface area contributed by atoms with E-state index in [1.807, 2.05) is 13.8 Å². The van der Waals surface area contributed by atoms with Gasteiger partial charge in [-0.25, -0.2) is 13.2 Å². The summed E-state index contributed by atoms with van der Waals surface area (Å²) in [5, 5.41) is 0. The lowest BCUT2D eigenvalue weighted by atomic mass is 9.96. The van der Waals surface area contributed by atoms with Gasteiger partial charge < -0.3 is 9.47 Å². The summed E-state index contributed by atoms with van der Waals surface area (Å²) in [6.07, 6.45) is 1.46. The standard InChI is InChI=1S/C19H25NO6S/c1-13-11-20(12-14(2)25-13)27(23,24)16-7-5-6-15(10-16)19(22)26-18-9-4-3-8-17(18)21/h5-7,10,13-14,18H,3-4,8-9,11-12H2,1-2H3/t13-,14-,18+/m0/s1. The average Bonchev–Trinajstić information content (AvgIpc) is 2.63. The highest BCUT2D eigenvalue weighted by molar-refractivity contribution is 7.89. The first-order valence-electron chi connectivity index (χ1n) is 9.27. The van der Waals surface area contributed by atoms with Crippen molar-refractivity contribution < 1.29 is 27.5 Å². The summed E-state index contributed by atoms with van der Waals surface area (Å²) in [5.41, 5.74) is 0.129. The Bertz CT molecular complexity index is 811. The largest absolute Gasteiger partial charge is 0.451 e. The van der Waals surface area contributed by atoms with Crippen LogP contribution in [-0.2, 0) is 24.3 Å². The number of rotatable bonds is 4. The molecule has 7 nitrogen and oxygen atoms in total. The molecule has 0 N–H and O–H groups in total. The number of benzene rings is 1. The Kier molecular flexibility index (Phi) is 5.98. The van der Waals surface area contributed by atoms with Crippen LogP contribution >= 0.6 is 0 Å². The van der Waals surface area contributed by atoms with Crippen LogP contribution < -0.4 is 0 Å². The molecule has 0 unspecified atom stereocenters. The van der Waals surface area contributed by atoms with E-state index in [0.29, 0.717) is 12.8 Å². The summed E-state index contributed by atoms with van der Waals surface area (Å²) < 4.78 is 38.2. The van der Waals surface area contributed by atoms with Gasteiger partial charge in [-0.2, -0.15) is 4.31 Å². The first kappa shape index (κ1) is 20.0. The highest BCUT2D eigenvalue weighted by Crippen LogP contribution is 2.23. The van der Waals surface area contributed by atoms with E-state index in [0.717, 1.165) is 12.8 Å². The first-order chi connectivity index (χ1) is 12.8. The highest BCUT2D eigenvalue weighted by Gasteiger charge is 2.33. The van der Waals surface area contributed by atoms with E-state index in [1.54, 1.807) is 0 Å². The molecule has 1 heterocycles. The molecule has 0 aromatic heterocycles. The first-order valence-corrected chi connectivity index (χ1v) is 10.7. The molecule has 148 valence electrons. The second kappa shape index (κ2) is 8.08. The molecule has 3 rings (SSSR count). The number of sulfonamides is 1. The van der Waals surface area contributed by atoms with Crippen molar-refractivity contribution in [3.05, 3.63) is 29.8 Å². The predicted octanol–water partition coefficient (Wildman–Crippen LogP) is 2.15. The molecule has 2 aliphatic rings. The normalized spacial score (nSPS) is 27.3. The van der Waals surface area contributed by atoms with Crippen molar-refractivity contribution in [2.24, 2.45) is 0 Å². The van der Waals surface area contributed by atoms with Gasteiger partial charge in [0.1, 0.15) is 0 Å². The zero-order valence-electron chi connectivity index (χ0n) is 15.6. The molecule has 0 spiro atoms. The number of Topliss-reactive ketones (excluding diaryl/α,β-unsaturated/α-hetero) is 1. The van der Waals surface area contributed by atoms with Crippen LogP contribution in [0, 0.1) is 0 Å². The molecule has 0 bridgehead atoms. The number of ketones is 1. The third kappa shape index (κ3) is 4.56. The number of carbonyl (C=O) groups excluding carboxylic acids is 2. The molecule has 1 saturated carbocycles. The number of ether oxygens (including phenoxy) is 2. The number of morpholine rings is 1. The molecule has 0 radical (unpaired) electrons. The van der Waals surface area contributed by atoms with Crippen LogP contribution in [0.4, 0.5) is 0 Å². The Morgan fingerprint density at radius 1 is 1.19 bits per heavy atom. The lowest BCUT2D eigenvalue weighted by molar-refractivity contribution is -0.129. The minimum absolute atomic E-state index is 0.0354. The van der Waals surface area contributed by atoms with Gasteiger partial charge in [-0.1, -0.05) is 6.07 Å². The van der Waals surface area contributed by atoms with Crippen LogP contribution in [0.3, 0.4) is 0 Å². The van der Waals surface area contributed by atoms with Crippen molar-refractivity contribution in [1.29, 1.82) is 0 Å². The number of nitrogens with zero attached hydrogens (tertiary/aromatic N) is 1. The smallest absolute Gasteiger partial charge is 0.338 e. The van der Waals surface area contributed by atoms with Crippen molar-refractivity contribution in [1.82, 2.24) is 4.31 Å². The zero-order valence-corrected chi connectivity index (χ0v) is 16.4. The van der Waals surface area contributed by atoms with Crippen LogP contribution in [0.1, 0.15) is 49.9 Å². The Labute approximate surface area is 159 Å². The number of hydrogen-bond acceptors (Lipinski definition) is 6. The van der Waals surface area contributed by atoms with Crippen molar-refractivity contribution in [2.45, 2.75) is 62.7 Å². The maximum Gasteiger partial charge on any atom is 0.338 e. The molecule has 2 fully saturated rings. The maximum absolute atomic E-state index is 13.0. The summed E-state index contributed by atoms with van der Waals surface area (Å²) in [5.74, 6) is -0.745. The Hall–Kier alpha value is -1.77. The Balaban J connectivity index is 1.78. The molecule has 1 aliphatic carbocycles. The van der Waals surface area contributed by atoms with Gasteiger partial charge in [-0.15, -0.1) is 0 Å². The number of esters is 1. The number of hydrogen-bond donors (Lipinski definition) is 0. The molecule has 8 heteroatoms. The topological polar surface area (TPSA) is 90.0 Å².